The van der Waals surface area contributed by atoms with E-state index in [1.165, 1.54) is 10.9 Å². The second-order valence-electron chi connectivity index (χ2n) is 6.75. The lowest BCUT2D eigenvalue weighted by Crippen LogP contribution is -2.28. The number of pyridine rings is 1. The van der Waals surface area contributed by atoms with E-state index in [4.69, 9.17) is 4.74 Å². The molecule has 0 amide bonds. The molecule has 0 aromatic carbocycles. The number of hydrogen-bond acceptors (Lipinski definition) is 7. The van der Waals surface area contributed by atoms with Crippen molar-refractivity contribution in [2.75, 3.05) is 24.6 Å². The number of halogens is 2. The molecule has 1 aliphatic heterocycles. The van der Waals surface area contributed by atoms with Crippen LogP contribution in [0.3, 0.4) is 0 Å². The molecule has 2 aliphatic rings. The average Bonchev–Trinajstić information content (AvgIpc) is 3.11. The zero-order chi connectivity index (χ0) is 19.2. The first kappa shape index (κ1) is 17.8. The number of aliphatic hydroxyl groups is 1. The number of carbonyl (C=O) groups is 1. The second-order valence-corrected chi connectivity index (χ2v) is 6.75. The van der Waals surface area contributed by atoms with Crippen molar-refractivity contribution in [1.29, 1.82) is 0 Å². The van der Waals surface area contributed by atoms with Crippen molar-refractivity contribution in [1.82, 2.24) is 20.0 Å². The van der Waals surface area contributed by atoms with Crippen molar-refractivity contribution in [3.05, 3.63) is 35.3 Å². The maximum absolute atomic E-state index is 13.4. The molecule has 8 nitrogen and oxygen atoms in total. The Morgan fingerprint density at radius 3 is 2.78 bits per heavy atom. The minimum atomic E-state index is -2.54. The van der Waals surface area contributed by atoms with Crippen molar-refractivity contribution in [3.63, 3.8) is 0 Å². The third-order valence-electron chi connectivity index (χ3n) is 5.08. The standard InChI is InChI=1S/C17H19F2N5O3/c1-2-27-16(26)13-8-24(22-21-13)5-10-3-4-15(20-14(10)9-25)23-6-11-12(7-23)17(11,18)19/h3-4,8,11-12,25H,2,5-7,9H2,1H3/t11-,12?/m0/s1. The van der Waals surface area contributed by atoms with E-state index in [0.717, 1.165) is 0 Å². The molecule has 2 atom stereocenters. The number of ether oxygens (including phenoxy) is 1. The summed E-state index contributed by atoms with van der Waals surface area (Å²) in [5, 5.41) is 17.3. The maximum atomic E-state index is 13.4. The molecular formula is C17H19F2N5O3. The van der Waals surface area contributed by atoms with Crippen molar-refractivity contribution in [3.8, 4) is 0 Å². The van der Waals surface area contributed by atoms with Gasteiger partial charge in [-0.25, -0.2) is 23.2 Å². The first-order valence-electron chi connectivity index (χ1n) is 8.73. The van der Waals surface area contributed by atoms with E-state index < -0.39 is 23.7 Å². The number of aromatic nitrogens is 4. The lowest BCUT2D eigenvalue weighted by Gasteiger charge is -2.22. The van der Waals surface area contributed by atoms with Gasteiger partial charge >= 0.3 is 5.97 Å². The van der Waals surface area contributed by atoms with Crippen LogP contribution in [0.5, 0.6) is 0 Å². The van der Waals surface area contributed by atoms with Gasteiger partial charge in [0.25, 0.3) is 5.92 Å². The summed E-state index contributed by atoms with van der Waals surface area (Å²) in [7, 11) is 0. The summed E-state index contributed by atoms with van der Waals surface area (Å²) >= 11 is 0. The van der Waals surface area contributed by atoms with Gasteiger partial charge < -0.3 is 14.7 Å². The van der Waals surface area contributed by atoms with Crippen LogP contribution in [0, 0.1) is 11.8 Å². The lowest BCUT2D eigenvalue weighted by atomic mass is 10.2. The number of nitrogens with zero attached hydrogens (tertiary/aromatic N) is 5. The topological polar surface area (TPSA) is 93.4 Å². The molecular weight excluding hydrogens is 360 g/mol. The highest BCUT2D eigenvalue weighted by molar-refractivity contribution is 5.86. The fourth-order valence-corrected chi connectivity index (χ4v) is 3.52. The van der Waals surface area contributed by atoms with Gasteiger partial charge in [0.15, 0.2) is 5.69 Å². The maximum Gasteiger partial charge on any atom is 0.360 e. The van der Waals surface area contributed by atoms with E-state index in [1.807, 2.05) is 4.90 Å². The van der Waals surface area contributed by atoms with Crippen LogP contribution in [-0.2, 0) is 17.9 Å². The minimum Gasteiger partial charge on any atom is -0.461 e. The molecule has 3 heterocycles. The van der Waals surface area contributed by atoms with Crippen LogP contribution in [0.4, 0.5) is 14.6 Å². The summed E-state index contributed by atoms with van der Waals surface area (Å²) in [6.07, 6.45) is 1.46. The van der Waals surface area contributed by atoms with Gasteiger partial charge in [0.2, 0.25) is 0 Å². The molecule has 10 heteroatoms. The number of fused-ring (bicyclic) bond motifs is 1. The Kier molecular flexibility index (Phi) is 4.29. The summed E-state index contributed by atoms with van der Waals surface area (Å²) in [5.41, 5.74) is 1.24. The van der Waals surface area contributed by atoms with Gasteiger partial charge in [-0.15, -0.1) is 5.10 Å². The average molecular weight is 379 g/mol. The smallest absolute Gasteiger partial charge is 0.360 e. The number of alkyl halides is 2. The van der Waals surface area contributed by atoms with E-state index in [1.54, 1.807) is 19.1 Å². The number of anilines is 1. The molecule has 2 fully saturated rings. The Morgan fingerprint density at radius 1 is 1.37 bits per heavy atom. The number of carbonyl (C=O) groups excluding carboxylic acids is 1. The number of piperidine rings is 1. The molecule has 0 spiro atoms. The van der Waals surface area contributed by atoms with Gasteiger partial charge in [0.05, 0.1) is 43.5 Å². The predicted molar refractivity (Wildman–Crippen MR) is 89.4 cm³/mol. The van der Waals surface area contributed by atoms with Crippen LogP contribution < -0.4 is 4.90 Å². The van der Waals surface area contributed by atoms with E-state index in [0.29, 0.717) is 17.1 Å². The van der Waals surface area contributed by atoms with Gasteiger partial charge in [0.1, 0.15) is 5.82 Å². The highest BCUT2D eigenvalue weighted by Crippen LogP contribution is 2.59. The van der Waals surface area contributed by atoms with Crippen LogP contribution in [0.25, 0.3) is 0 Å². The minimum absolute atomic E-state index is 0.101. The van der Waals surface area contributed by atoms with Crippen molar-refractivity contribution < 1.29 is 23.4 Å². The quantitative estimate of drug-likeness (QED) is 0.751. The Labute approximate surface area is 153 Å². The summed E-state index contributed by atoms with van der Waals surface area (Å²) in [5.74, 6) is -3.69. The van der Waals surface area contributed by atoms with E-state index in [-0.39, 0.29) is 38.5 Å². The first-order chi connectivity index (χ1) is 12.9. The zero-order valence-electron chi connectivity index (χ0n) is 14.7. The number of aliphatic hydroxyl groups excluding tert-OH is 1. The van der Waals surface area contributed by atoms with Crippen LogP contribution in [0.1, 0.15) is 28.7 Å². The highest BCUT2D eigenvalue weighted by Gasteiger charge is 2.71. The molecule has 1 N–H and O–H groups in total. The highest BCUT2D eigenvalue weighted by atomic mass is 19.3. The van der Waals surface area contributed by atoms with Crippen molar-refractivity contribution in [2.45, 2.75) is 26.0 Å². The Balaban J connectivity index is 1.47. The van der Waals surface area contributed by atoms with Crippen LogP contribution >= 0.6 is 0 Å². The lowest BCUT2D eigenvalue weighted by molar-refractivity contribution is 0.0519. The fourth-order valence-electron chi connectivity index (χ4n) is 3.52. The van der Waals surface area contributed by atoms with E-state index in [9.17, 15) is 18.7 Å². The molecule has 2 aromatic rings. The SMILES string of the molecule is CCOC(=O)c1cn(Cc2ccc(N3CC4[C@H](C3)C4(F)F)nc2CO)nn1. The number of hydrogen-bond donors (Lipinski definition) is 1. The predicted octanol–water partition coefficient (Wildman–Crippen LogP) is 1.09. The van der Waals surface area contributed by atoms with Gasteiger partial charge in [-0.1, -0.05) is 11.3 Å². The number of esters is 1. The molecule has 1 saturated heterocycles. The second kappa shape index (κ2) is 6.52. The largest absolute Gasteiger partial charge is 0.461 e. The molecule has 1 unspecified atom stereocenters. The molecule has 0 radical (unpaired) electrons. The fraction of sp³-hybridized carbons (Fsp3) is 0.529. The Bertz CT molecular complexity index is 858. The van der Waals surface area contributed by atoms with Gasteiger partial charge in [0, 0.05) is 13.1 Å². The molecule has 1 saturated carbocycles. The molecule has 2 aromatic heterocycles. The zero-order valence-corrected chi connectivity index (χ0v) is 14.7. The Hall–Kier alpha value is -2.62. The third kappa shape index (κ3) is 3.14. The van der Waals surface area contributed by atoms with Crippen molar-refractivity contribution >= 4 is 11.8 Å². The number of rotatable bonds is 6. The molecule has 0 bridgehead atoms. The molecule has 144 valence electrons. The molecule has 4 rings (SSSR count). The van der Waals surface area contributed by atoms with E-state index >= 15 is 0 Å². The summed E-state index contributed by atoms with van der Waals surface area (Å²) in [4.78, 5) is 17.9. The molecule has 1 aliphatic carbocycles. The van der Waals surface area contributed by atoms with Crippen LogP contribution in [0.15, 0.2) is 18.3 Å². The summed E-state index contributed by atoms with van der Waals surface area (Å²) in [6, 6.07) is 3.53. The van der Waals surface area contributed by atoms with Crippen molar-refractivity contribution in [2.24, 2.45) is 11.8 Å². The first-order valence-corrected chi connectivity index (χ1v) is 8.73. The van der Waals surface area contributed by atoms with Gasteiger partial charge in [-0.2, -0.15) is 0 Å². The summed E-state index contributed by atoms with van der Waals surface area (Å²) < 4.78 is 33.0. The van der Waals surface area contributed by atoms with Crippen LogP contribution in [-0.4, -0.2) is 56.7 Å². The summed E-state index contributed by atoms with van der Waals surface area (Å²) in [6.45, 7) is 2.48. The van der Waals surface area contributed by atoms with Gasteiger partial charge in [-0.05, 0) is 18.6 Å². The monoisotopic (exact) mass is 379 g/mol. The normalized spacial score (nSPS) is 22.6. The van der Waals surface area contributed by atoms with Crippen LogP contribution in [0.2, 0.25) is 0 Å². The van der Waals surface area contributed by atoms with E-state index in [2.05, 4.69) is 15.3 Å². The van der Waals surface area contributed by atoms with Gasteiger partial charge in [-0.3, -0.25) is 0 Å². The Morgan fingerprint density at radius 2 is 2.11 bits per heavy atom. The third-order valence-corrected chi connectivity index (χ3v) is 5.08. The molecule has 27 heavy (non-hydrogen) atoms.